The number of anilines is 1. The summed E-state index contributed by atoms with van der Waals surface area (Å²) < 4.78 is 1.34. The van der Waals surface area contributed by atoms with E-state index >= 15 is 0 Å². The number of carbonyl (C=O) groups excluding carboxylic acids is 1. The summed E-state index contributed by atoms with van der Waals surface area (Å²) in [6.07, 6.45) is 2.33. The van der Waals surface area contributed by atoms with Crippen LogP contribution in [0.5, 0.6) is 0 Å². The van der Waals surface area contributed by atoms with Gasteiger partial charge in [-0.1, -0.05) is 18.3 Å². The molecular formula is C14H19N5O2S. The number of hydrogen-bond donors (Lipinski definition) is 0. The minimum absolute atomic E-state index is 0.146. The molecule has 3 heterocycles. The minimum atomic E-state index is -0.146. The van der Waals surface area contributed by atoms with E-state index in [1.54, 1.807) is 0 Å². The first-order valence-corrected chi connectivity index (χ1v) is 8.29. The van der Waals surface area contributed by atoms with Crippen molar-refractivity contribution in [1.82, 2.24) is 19.5 Å². The lowest BCUT2D eigenvalue weighted by Gasteiger charge is -2.20. The van der Waals surface area contributed by atoms with E-state index in [1.807, 2.05) is 23.8 Å². The van der Waals surface area contributed by atoms with E-state index in [1.165, 1.54) is 21.9 Å². The molecule has 2 aromatic rings. The van der Waals surface area contributed by atoms with Gasteiger partial charge in [-0.3, -0.25) is 9.59 Å². The third-order valence-corrected chi connectivity index (χ3v) is 4.88. The Hall–Kier alpha value is -1.96. The fraction of sp³-hybridized carbons (Fsp3) is 0.571. The van der Waals surface area contributed by atoms with Crippen molar-refractivity contribution in [2.45, 2.75) is 26.2 Å². The van der Waals surface area contributed by atoms with Crippen molar-refractivity contribution in [2.24, 2.45) is 0 Å². The van der Waals surface area contributed by atoms with Crippen LogP contribution in [0, 0.1) is 0 Å². The van der Waals surface area contributed by atoms with Crippen LogP contribution in [-0.4, -0.2) is 52.1 Å². The van der Waals surface area contributed by atoms with Gasteiger partial charge in [0.1, 0.15) is 0 Å². The van der Waals surface area contributed by atoms with Gasteiger partial charge in [0.2, 0.25) is 16.0 Å². The summed E-state index contributed by atoms with van der Waals surface area (Å²) in [7, 11) is 1.92. The number of amides is 1. The third-order valence-electron chi connectivity index (χ3n) is 3.85. The topological polar surface area (TPSA) is 70.8 Å². The number of hydrogen-bond acceptors (Lipinski definition) is 6. The van der Waals surface area contributed by atoms with E-state index in [0.29, 0.717) is 24.5 Å². The second-order valence-electron chi connectivity index (χ2n) is 5.42. The molecule has 0 bridgehead atoms. The van der Waals surface area contributed by atoms with Gasteiger partial charge < -0.3 is 9.80 Å². The van der Waals surface area contributed by atoms with Crippen molar-refractivity contribution in [3.63, 3.8) is 0 Å². The quantitative estimate of drug-likeness (QED) is 0.813. The Bertz CT molecular complexity index is 753. The van der Waals surface area contributed by atoms with Crippen molar-refractivity contribution >= 4 is 27.3 Å². The van der Waals surface area contributed by atoms with Crippen LogP contribution in [-0.2, 0) is 11.2 Å². The third kappa shape index (κ3) is 2.83. The molecule has 0 N–H and O–H groups in total. The fourth-order valence-corrected chi connectivity index (χ4v) is 3.40. The molecule has 22 heavy (non-hydrogen) atoms. The number of carbonyl (C=O) groups is 1. The zero-order valence-corrected chi connectivity index (χ0v) is 13.6. The van der Waals surface area contributed by atoms with E-state index in [2.05, 4.69) is 10.1 Å². The summed E-state index contributed by atoms with van der Waals surface area (Å²) >= 11 is 1.40. The Labute approximate surface area is 132 Å². The molecule has 1 amide bonds. The summed E-state index contributed by atoms with van der Waals surface area (Å²) in [5.74, 6) is 0.225. The summed E-state index contributed by atoms with van der Waals surface area (Å²) in [5, 5.41) is 5.07. The van der Waals surface area contributed by atoms with E-state index in [0.717, 1.165) is 30.2 Å². The van der Waals surface area contributed by atoms with Crippen LogP contribution < -0.4 is 10.5 Å². The van der Waals surface area contributed by atoms with Crippen LogP contribution in [0.3, 0.4) is 0 Å². The summed E-state index contributed by atoms with van der Waals surface area (Å²) in [6, 6.07) is 1.53. The number of likely N-dealkylation sites (N-methyl/N-ethyl adjacent to an activating group) is 1. The van der Waals surface area contributed by atoms with Crippen molar-refractivity contribution < 1.29 is 4.79 Å². The molecule has 0 aliphatic carbocycles. The molecule has 3 rings (SSSR count). The normalized spacial score (nSPS) is 15.0. The van der Waals surface area contributed by atoms with Gasteiger partial charge in [0, 0.05) is 44.9 Å². The SMILES string of the molecule is CCc1cc(=O)n2nc(N(C)CCN3CCCC3=O)sc2n1. The Morgan fingerprint density at radius 1 is 1.41 bits per heavy atom. The molecule has 118 valence electrons. The highest BCUT2D eigenvalue weighted by Gasteiger charge is 2.20. The molecule has 0 spiro atoms. The summed E-state index contributed by atoms with van der Waals surface area (Å²) in [6.45, 7) is 4.20. The van der Waals surface area contributed by atoms with Gasteiger partial charge in [-0.05, 0) is 12.8 Å². The van der Waals surface area contributed by atoms with Gasteiger partial charge in [0.05, 0.1) is 0 Å². The Balaban J connectivity index is 1.76. The highest BCUT2D eigenvalue weighted by molar-refractivity contribution is 7.20. The van der Waals surface area contributed by atoms with Gasteiger partial charge >= 0.3 is 0 Å². The Morgan fingerprint density at radius 2 is 2.23 bits per heavy atom. The van der Waals surface area contributed by atoms with Crippen LogP contribution in [0.15, 0.2) is 10.9 Å². The largest absolute Gasteiger partial charge is 0.348 e. The van der Waals surface area contributed by atoms with E-state index < -0.39 is 0 Å². The molecule has 7 nitrogen and oxygen atoms in total. The summed E-state index contributed by atoms with van der Waals surface area (Å²) in [4.78, 5) is 32.5. The molecule has 2 aromatic heterocycles. The van der Waals surface area contributed by atoms with Gasteiger partial charge in [-0.15, -0.1) is 5.10 Å². The van der Waals surface area contributed by atoms with E-state index in [9.17, 15) is 9.59 Å². The maximum absolute atomic E-state index is 12.0. The average Bonchev–Trinajstić information content (AvgIpc) is 3.11. The average molecular weight is 321 g/mol. The number of aromatic nitrogens is 3. The molecule has 0 saturated carbocycles. The van der Waals surface area contributed by atoms with Crippen LogP contribution in [0.4, 0.5) is 5.13 Å². The second kappa shape index (κ2) is 6.04. The summed E-state index contributed by atoms with van der Waals surface area (Å²) in [5.41, 5.74) is 0.637. The maximum atomic E-state index is 12.0. The predicted octanol–water partition coefficient (Wildman–Crippen LogP) is 0.772. The molecule has 1 aliphatic heterocycles. The Morgan fingerprint density at radius 3 is 2.91 bits per heavy atom. The van der Waals surface area contributed by atoms with Crippen molar-refractivity contribution in [3.05, 3.63) is 22.1 Å². The van der Waals surface area contributed by atoms with Crippen molar-refractivity contribution in [3.8, 4) is 0 Å². The zero-order chi connectivity index (χ0) is 15.7. The zero-order valence-electron chi connectivity index (χ0n) is 12.8. The Kier molecular flexibility index (Phi) is 4.10. The molecule has 0 aromatic carbocycles. The molecule has 1 fully saturated rings. The van der Waals surface area contributed by atoms with Gasteiger partial charge in [-0.2, -0.15) is 4.52 Å². The van der Waals surface area contributed by atoms with Gasteiger partial charge in [0.25, 0.3) is 5.56 Å². The lowest BCUT2D eigenvalue weighted by Crippen LogP contribution is -2.34. The molecule has 0 atom stereocenters. The van der Waals surface area contributed by atoms with Crippen LogP contribution >= 0.6 is 11.3 Å². The van der Waals surface area contributed by atoms with Gasteiger partial charge in [-0.25, -0.2) is 4.98 Å². The first-order valence-electron chi connectivity index (χ1n) is 7.47. The first-order chi connectivity index (χ1) is 10.6. The van der Waals surface area contributed by atoms with E-state index in [4.69, 9.17) is 0 Å². The van der Waals surface area contributed by atoms with Gasteiger partial charge in [0.15, 0.2) is 0 Å². The standard InChI is InChI=1S/C14H19N5O2S/c1-3-10-9-12(21)19-13(15-10)22-14(16-19)17(2)7-8-18-6-4-5-11(18)20/h9H,3-8H2,1-2H3. The van der Waals surface area contributed by atoms with Crippen LogP contribution in [0.25, 0.3) is 4.96 Å². The van der Waals surface area contributed by atoms with Crippen molar-refractivity contribution in [2.75, 3.05) is 31.6 Å². The molecule has 1 saturated heterocycles. The number of rotatable bonds is 5. The highest BCUT2D eigenvalue weighted by atomic mass is 32.1. The number of fused-ring (bicyclic) bond motifs is 1. The number of nitrogens with zero attached hydrogens (tertiary/aromatic N) is 5. The van der Waals surface area contributed by atoms with Crippen LogP contribution in [0.1, 0.15) is 25.5 Å². The molecular weight excluding hydrogens is 302 g/mol. The molecule has 8 heteroatoms. The number of aryl methyl sites for hydroxylation is 1. The maximum Gasteiger partial charge on any atom is 0.275 e. The number of likely N-dealkylation sites (tertiary alicyclic amines) is 1. The minimum Gasteiger partial charge on any atom is -0.348 e. The van der Waals surface area contributed by atoms with Crippen LogP contribution in [0.2, 0.25) is 0 Å². The lowest BCUT2D eigenvalue weighted by molar-refractivity contribution is -0.127. The smallest absolute Gasteiger partial charge is 0.275 e. The monoisotopic (exact) mass is 321 g/mol. The van der Waals surface area contributed by atoms with Crippen molar-refractivity contribution in [1.29, 1.82) is 0 Å². The fourth-order valence-electron chi connectivity index (χ4n) is 2.49. The first kappa shape index (κ1) is 15.0. The lowest BCUT2D eigenvalue weighted by atomic mass is 10.3. The second-order valence-corrected chi connectivity index (χ2v) is 6.36. The predicted molar refractivity (Wildman–Crippen MR) is 85.6 cm³/mol. The molecule has 1 aliphatic rings. The molecule has 0 unspecified atom stereocenters. The van der Waals surface area contributed by atoms with E-state index in [-0.39, 0.29) is 11.5 Å². The molecule has 0 radical (unpaired) electrons. The highest BCUT2D eigenvalue weighted by Crippen LogP contribution is 2.20.